The number of halogens is 2. The van der Waals surface area contributed by atoms with Crippen LogP contribution in [0.5, 0.6) is 0 Å². The first-order valence-electron chi connectivity index (χ1n) is 5.36. The molecule has 2 heterocycles. The van der Waals surface area contributed by atoms with E-state index in [2.05, 4.69) is 4.90 Å². The topological polar surface area (TPSA) is 29.3 Å². The van der Waals surface area contributed by atoms with Crippen molar-refractivity contribution < 1.29 is 0 Å². The van der Waals surface area contributed by atoms with E-state index in [1.807, 2.05) is 0 Å². The summed E-state index contributed by atoms with van der Waals surface area (Å²) in [5.74, 6) is 0.805. The molecule has 0 spiro atoms. The maximum Gasteiger partial charge on any atom is 0.0136 e. The monoisotopic (exact) mass is 240 g/mol. The molecular weight excluding hydrogens is 219 g/mol. The van der Waals surface area contributed by atoms with Gasteiger partial charge in [-0.15, -0.1) is 24.8 Å². The second-order valence-corrected chi connectivity index (χ2v) is 4.24. The minimum Gasteiger partial charge on any atom is -0.330 e. The molecule has 2 rings (SSSR count). The number of nitrogens with zero attached hydrogens (tertiary/aromatic N) is 1. The van der Waals surface area contributed by atoms with Crippen LogP contribution in [0.3, 0.4) is 0 Å². The predicted molar refractivity (Wildman–Crippen MR) is 65.5 cm³/mol. The largest absolute Gasteiger partial charge is 0.330 e. The molecule has 0 saturated carbocycles. The van der Waals surface area contributed by atoms with Crippen LogP contribution in [0.4, 0.5) is 0 Å². The molecule has 0 aromatic rings. The second-order valence-electron chi connectivity index (χ2n) is 4.24. The van der Waals surface area contributed by atoms with Gasteiger partial charge >= 0.3 is 0 Å². The number of hydrogen-bond donors (Lipinski definition) is 1. The average Bonchev–Trinajstić information content (AvgIpc) is 2.17. The van der Waals surface area contributed by atoms with Gasteiger partial charge in [-0.25, -0.2) is 0 Å². The second kappa shape index (κ2) is 6.89. The lowest BCUT2D eigenvalue weighted by molar-refractivity contribution is 0.0632. The van der Waals surface area contributed by atoms with Gasteiger partial charge in [-0.1, -0.05) is 6.42 Å². The molecule has 86 valence electrons. The van der Waals surface area contributed by atoms with Crippen LogP contribution in [0.25, 0.3) is 0 Å². The Kier molecular flexibility index (Phi) is 7.13. The minimum absolute atomic E-state index is 0. The fourth-order valence-corrected chi connectivity index (χ4v) is 2.85. The molecule has 4 heteroatoms. The molecule has 2 aliphatic rings. The van der Waals surface area contributed by atoms with Crippen molar-refractivity contribution in [3.63, 3.8) is 0 Å². The first-order chi connectivity index (χ1) is 5.92. The summed E-state index contributed by atoms with van der Waals surface area (Å²) < 4.78 is 0. The van der Waals surface area contributed by atoms with Crippen molar-refractivity contribution in [3.8, 4) is 0 Å². The zero-order chi connectivity index (χ0) is 8.39. The molecule has 0 bridgehead atoms. The van der Waals surface area contributed by atoms with E-state index in [1.165, 1.54) is 45.2 Å². The normalized spacial score (nSPS) is 32.4. The Labute approximate surface area is 99.4 Å². The van der Waals surface area contributed by atoms with Gasteiger partial charge in [0, 0.05) is 6.04 Å². The van der Waals surface area contributed by atoms with Gasteiger partial charge in [-0.3, -0.25) is 0 Å². The lowest BCUT2D eigenvalue weighted by Crippen LogP contribution is -2.49. The summed E-state index contributed by atoms with van der Waals surface area (Å²) in [5, 5.41) is 0. The number of hydrogen-bond acceptors (Lipinski definition) is 2. The number of piperidine rings is 2. The Morgan fingerprint density at radius 1 is 1.00 bits per heavy atom. The summed E-state index contributed by atoms with van der Waals surface area (Å²) in [6, 6.07) is 0.845. The molecule has 2 saturated heterocycles. The van der Waals surface area contributed by atoms with E-state index in [0.29, 0.717) is 0 Å². The highest BCUT2D eigenvalue weighted by molar-refractivity contribution is 5.85. The van der Waals surface area contributed by atoms with Crippen LogP contribution in [0.15, 0.2) is 0 Å². The van der Waals surface area contributed by atoms with Crippen molar-refractivity contribution >= 4 is 24.8 Å². The fourth-order valence-electron chi connectivity index (χ4n) is 2.85. The van der Waals surface area contributed by atoms with Crippen LogP contribution in [0, 0.1) is 5.92 Å². The number of fused-ring (bicyclic) bond motifs is 1. The third-order valence-electron chi connectivity index (χ3n) is 3.53. The zero-order valence-corrected chi connectivity index (χ0v) is 10.3. The quantitative estimate of drug-likeness (QED) is 0.761. The first kappa shape index (κ1) is 14.5. The predicted octanol–water partition coefficient (Wildman–Crippen LogP) is 2.05. The standard InChI is InChI=1S/C10H20N2.2ClH/c11-8-9-4-3-7-12-6-2-1-5-10(9)12;;/h9-10H,1-8,11H2;2*1H/t9-,10?;;/m0../s1. The average molecular weight is 241 g/mol. The van der Waals surface area contributed by atoms with Crippen molar-refractivity contribution in [2.45, 2.75) is 38.1 Å². The van der Waals surface area contributed by atoms with Crippen molar-refractivity contribution in [1.82, 2.24) is 4.90 Å². The van der Waals surface area contributed by atoms with Crippen molar-refractivity contribution in [2.75, 3.05) is 19.6 Å². The Morgan fingerprint density at radius 2 is 1.71 bits per heavy atom. The van der Waals surface area contributed by atoms with Gasteiger partial charge in [-0.05, 0) is 51.2 Å². The molecule has 0 amide bonds. The summed E-state index contributed by atoms with van der Waals surface area (Å²) >= 11 is 0. The van der Waals surface area contributed by atoms with Crippen LogP contribution < -0.4 is 5.73 Å². The maximum absolute atomic E-state index is 5.78. The highest BCUT2D eigenvalue weighted by Crippen LogP contribution is 2.29. The molecule has 2 atom stereocenters. The van der Waals surface area contributed by atoms with Crippen molar-refractivity contribution in [2.24, 2.45) is 11.7 Å². The van der Waals surface area contributed by atoms with Crippen molar-refractivity contribution in [3.05, 3.63) is 0 Å². The zero-order valence-electron chi connectivity index (χ0n) is 8.65. The fraction of sp³-hybridized carbons (Fsp3) is 1.00. The Bertz CT molecular complexity index is 146. The molecule has 2 aliphatic heterocycles. The van der Waals surface area contributed by atoms with Gasteiger partial charge in [0.15, 0.2) is 0 Å². The smallest absolute Gasteiger partial charge is 0.0136 e. The van der Waals surface area contributed by atoms with Crippen LogP contribution in [-0.2, 0) is 0 Å². The third-order valence-corrected chi connectivity index (χ3v) is 3.53. The van der Waals surface area contributed by atoms with E-state index < -0.39 is 0 Å². The van der Waals surface area contributed by atoms with E-state index in [1.54, 1.807) is 0 Å². The molecule has 2 nitrogen and oxygen atoms in total. The first-order valence-corrected chi connectivity index (χ1v) is 5.36. The molecule has 14 heavy (non-hydrogen) atoms. The van der Waals surface area contributed by atoms with E-state index in [-0.39, 0.29) is 24.8 Å². The third kappa shape index (κ3) is 2.99. The molecule has 1 unspecified atom stereocenters. The summed E-state index contributed by atoms with van der Waals surface area (Å²) in [5.41, 5.74) is 5.78. The van der Waals surface area contributed by atoms with Gasteiger partial charge in [0.05, 0.1) is 0 Å². The van der Waals surface area contributed by atoms with E-state index in [4.69, 9.17) is 5.73 Å². The van der Waals surface area contributed by atoms with Gasteiger partial charge in [0.2, 0.25) is 0 Å². The minimum atomic E-state index is 0. The maximum atomic E-state index is 5.78. The highest BCUT2D eigenvalue weighted by Gasteiger charge is 2.31. The van der Waals surface area contributed by atoms with Crippen LogP contribution in [0.2, 0.25) is 0 Å². The Morgan fingerprint density at radius 3 is 2.43 bits per heavy atom. The summed E-state index contributed by atoms with van der Waals surface area (Å²) in [6.07, 6.45) is 6.99. The molecule has 0 aliphatic carbocycles. The summed E-state index contributed by atoms with van der Waals surface area (Å²) in [4.78, 5) is 2.67. The van der Waals surface area contributed by atoms with Gasteiger partial charge < -0.3 is 10.6 Å². The van der Waals surface area contributed by atoms with E-state index >= 15 is 0 Å². The lowest BCUT2D eigenvalue weighted by Gasteiger charge is -2.44. The van der Waals surface area contributed by atoms with Gasteiger partial charge in [0.25, 0.3) is 0 Å². The number of rotatable bonds is 1. The molecule has 0 radical (unpaired) electrons. The molecule has 0 aromatic carbocycles. The highest BCUT2D eigenvalue weighted by atomic mass is 35.5. The molecule has 2 fully saturated rings. The Balaban J connectivity index is 0.000000845. The number of nitrogens with two attached hydrogens (primary N) is 1. The van der Waals surface area contributed by atoms with E-state index in [9.17, 15) is 0 Å². The molecular formula is C10H22Cl2N2. The Hall–Kier alpha value is 0.500. The molecule has 2 N–H and O–H groups in total. The summed E-state index contributed by atoms with van der Waals surface area (Å²) in [6.45, 7) is 3.57. The summed E-state index contributed by atoms with van der Waals surface area (Å²) in [7, 11) is 0. The SMILES string of the molecule is Cl.Cl.NC[C@@H]1CCCN2CCCCC12. The van der Waals surface area contributed by atoms with E-state index in [0.717, 1.165) is 18.5 Å². The van der Waals surface area contributed by atoms with Gasteiger partial charge in [0.1, 0.15) is 0 Å². The van der Waals surface area contributed by atoms with Gasteiger partial charge in [-0.2, -0.15) is 0 Å². The van der Waals surface area contributed by atoms with Crippen LogP contribution in [-0.4, -0.2) is 30.6 Å². The molecule has 0 aromatic heterocycles. The van der Waals surface area contributed by atoms with Crippen molar-refractivity contribution in [1.29, 1.82) is 0 Å². The van der Waals surface area contributed by atoms with Crippen LogP contribution in [0.1, 0.15) is 32.1 Å². The van der Waals surface area contributed by atoms with Crippen LogP contribution >= 0.6 is 24.8 Å². The lowest BCUT2D eigenvalue weighted by atomic mass is 9.84.